The quantitative estimate of drug-likeness (QED) is 0.915. The second kappa shape index (κ2) is 7.49. The van der Waals surface area contributed by atoms with Crippen molar-refractivity contribution in [2.75, 3.05) is 26.2 Å². The van der Waals surface area contributed by atoms with Crippen LogP contribution in [0.4, 0.5) is 0 Å². The van der Waals surface area contributed by atoms with Crippen LogP contribution >= 0.6 is 0 Å². The standard InChI is InChI=1S/C18H23N3O/c22-15-18-3-1-16(2-4-18)13-20-9-11-21(12-10-20)14-17-5-7-19-8-6-17/h1-8,22H,9-15H2. The summed E-state index contributed by atoms with van der Waals surface area (Å²) < 4.78 is 0. The van der Waals surface area contributed by atoms with Crippen molar-refractivity contribution in [3.05, 3.63) is 65.5 Å². The Morgan fingerprint density at radius 3 is 1.68 bits per heavy atom. The van der Waals surface area contributed by atoms with Gasteiger partial charge in [0.2, 0.25) is 0 Å². The summed E-state index contributed by atoms with van der Waals surface area (Å²) >= 11 is 0. The molecule has 0 amide bonds. The fourth-order valence-corrected chi connectivity index (χ4v) is 2.86. The van der Waals surface area contributed by atoms with E-state index < -0.39 is 0 Å². The van der Waals surface area contributed by atoms with E-state index in [1.165, 1.54) is 11.1 Å². The lowest BCUT2D eigenvalue weighted by molar-refractivity contribution is 0.122. The Morgan fingerprint density at radius 1 is 0.727 bits per heavy atom. The van der Waals surface area contributed by atoms with Crippen LogP contribution in [-0.4, -0.2) is 46.1 Å². The van der Waals surface area contributed by atoms with Gasteiger partial charge in [-0.25, -0.2) is 0 Å². The molecule has 0 radical (unpaired) electrons. The highest BCUT2D eigenvalue weighted by Gasteiger charge is 2.16. The maximum absolute atomic E-state index is 9.08. The monoisotopic (exact) mass is 297 g/mol. The zero-order valence-electron chi connectivity index (χ0n) is 12.9. The maximum Gasteiger partial charge on any atom is 0.0681 e. The zero-order chi connectivity index (χ0) is 15.2. The highest BCUT2D eigenvalue weighted by molar-refractivity contribution is 5.22. The van der Waals surface area contributed by atoms with Gasteiger partial charge >= 0.3 is 0 Å². The van der Waals surface area contributed by atoms with Crippen LogP contribution in [0.2, 0.25) is 0 Å². The van der Waals surface area contributed by atoms with Crippen LogP contribution in [0.5, 0.6) is 0 Å². The summed E-state index contributed by atoms with van der Waals surface area (Å²) in [5.41, 5.74) is 3.63. The van der Waals surface area contributed by atoms with Gasteiger partial charge in [0, 0.05) is 51.7 Å². The van der Waals surface area contributed by atoms with Gasteiger partial charge < -0.3 is 5.11 Å². The van der Waals surface area contributed by atoms with Crippen LogP contribution < -0.4 is 0 Å². The average molecular weight is 297 g/mol. The van der Waals surface area contributed by atoms with Gasteiger partial charge in [0.05, 0.1) is 6.61 Å². The topological polar surface area (TPSA) is 39.6 Å². The van der Waals surface area contributed by atoms with E-state index in [2.05, 4.69) is 39.0 Å². The van der Waals surface area contributed by atoms with E-state index in [0.29, 0.717) is 0 Å². The van der Waals surface area contributed by atoms with Crippen LogP contribution in [0.25, 0.3) is 0 Å². The molecule has 1 saturated heterocycles. The Hall–Kier alpha value is -1.75. The Labute approximate surface area is 132 Å². The second-order valence-electron chi connectivity index (χ2n) is 5.88. The molecule has 1 aromatic heterocycles. The number of piperazine rings is 1. The van der Waals surface area contributed by atoms with Crippen molar-refractivity contribution in [2.24, 2.45) is 0 Å². The Morgan fingerprint density at radius 2 is 1.18 bits per heavy atom. The number of aliphatic hydroxyl groups excluding tert-OH is 1. The number of aromatic nitrogens is 1. The van der Waals surface area contributed by atoms with Crippen molar-refractivity contribution in [3.8, 4) is 0 Å². The highest BCUT2D eigenvalue weighted by Crippen LogP contribution is 2.12. The summed E-state index contributed by atoms with van der Waals surface area (Å²) in [6.45, 7) is 6.55. The minimum Gasteiger partial charge on any atom is -0.392 e. The molecular formula is C18H23N3O. The molecule has 4 nitrogen and oxygen atoms in total. The van der Waals surface area contributed by atoms with Crippen LogP contribution in [0.1, 0.15) is 16.7 Å². The molecule has 2 aromatic rings. The number of nitrogens with zero attached hydrogens (tertiary/aromatic N) is 3. The van der Waals surface area contributed by atoms with Crippen molar-refractivity contribution < 1.29 is 5.11 Å². The molecule has 0 bridgehead atoms. The van der Waals surface area contributed by atoms with Crippen LogP contribution in [0.15, 0.2) is 48.8 Å². The lowest BCUT2D eigenvalue weighted by atomic mass is 10.1. The minimum atomic E-state index is 0.119. The summed E-state index contributed by atoms with van der Waals surface area (Å²) in [7, 11) is 0. The largest absolute Gasteiger partial charge is 0.392 e. The van der Waals surface area contributed by atoms with Crippen molar-refractivity contribution in [1.82, 2.24) is 14.8 Å². The molecule has 0 aliphatic carbocycles. The minimum absolute atomic E-state index is 0.119. The van der Waals surface area contributed by atoms with Gasteiger partial charge in [0.15, 0.2) is 0 Å². The van der Waals surface area contributed by atoms with Crippen molar-refractivity contribution in [1.29, 1.82) is 0 Å². The van der Waals surface area contributed by atoms with Crippen molar-refractivity contribution >= 4 is 0 Å². The number of hydrogen-bond acceptors (Lipinski definition) is 4. The van der Waals surface area contributed by atoms with Gasteiger partial charge in [0.1, 0.15) is 0 Å². The van der Waals surface area contributed by atoms with Crippen LogP contribution in [0.3, 0.4) is 0 Å². The van der Waals surface area contributed by atoms with Gasteiger partial charge in [-0.1, -0.05) is 24.3 Å². The predicted octanol–water partition coefficient (Wildman–Crippen LogP) is 1.89. The van der Waals surface area contributed by atoms with Gasteiger partial charge in [-0.15, -0.1) is 0 Å². The SMILES string of the molecule is OCc1ccc(CN2CCN(Cc3ccncc3)CC2)cc1. The molecule has 1 aliphatic heterocycles. The van der Waals surface area contributed by atoms with E-state index in [4.69, 9.17) is 5.11 Å². The number of benzene rings is 1. The summed E-state index contributed by atoms with van der Waals surface area (Å²) in [5.74, 6) is 0. The first-order valence-electron chi connectivity index (χ1n) is 7.86. The molecule has 116 valence electrons. The molecule has 0 atom stereocenters. The summed E-state index contributed by atoms with van der Waals surface area (Å²) in [4.78, 5) is 9.06. The lowest BCUT2D eigenvalue weighted by Crippen LogP contribution is -2.45. The third-order valence-corrected chi connectivity index (χ3v) is 4.23. The van der Waals surface area contributed by atoms with E-state index in [1.54, 1.807) is 0 Å². The zero-order valence-corrected chi connectivity index (χ0v) is 12.9. The first-order chi connectivity index (χ1) is 10.8. The Bertz CT molecular complexity index is 563. The summed E-state index contributed by atoms with van der Waals surface area (Å²) in [5, 5.41) is 9.08. The second-order valence-corrected chi connectivity index (χ2v) is 5.88. The highest BCUT2D eigenvalue weighted by atomic mass is 16.3. The molecule has 3 rings (SSSR count). The Kier molecular flexibility index (Phi) is 5.16. The Balaban J connectivity index is 1.47. The normalized spacial score (nSPS) is 16.8. The van der Waals surface area contributed by atoms with E-state index in [1.807, 2.05) is 24.5 Å². The fraction of sp³-hybridized carbons (Fsp3) is 0.389. The lowest BCUT2D eigenvalue weighted by Gasteiger charge is -2.34. The molecule has 0 unspecified atom stereocenters. The van der Waals surface area contributed by atoms with E-state index in [-0.39, 0.29) is 6.61 Å². The van der Waals surface area contributed by atoms with Crippen LogP contribution in [-0.2, 0) is 19.7 Å². The van der Waals surface area contributed by atoms with Gasteiger partial charge in [0.25, 0.3) is 0 Å². The van der Waals surface area contributed by atoms with E-state index in [0.717, 1.165) is 44.8 Å². The van der Waals surface area contributed by atoms with E-state index in [9.17, 15) is 0 Å². The average Bonchev–Trinajstić information content (AvgIpc) is 2.58. The third kappa shape index (κ3) is 4.13. The molecule has 22 heavy (non-hydrogen) atoms. The maximum atomic E-state index is 9.08. The molecule has 4 heteroatoms. The molecule has 1 aromatic carbocycles. The molecule has 1 fully saturated rings. The van der Waals surface area contributed by atoms with Crippen molar-refractivity contribution in [3.63, 3.8) is 0 Å². The summed E-state index contributed by atoms with van der Waals surface area (Å²) in [6, 6.07) is 12.4. The molecule has 0 saturated carbocycles. The van der Waals surface area contributed by atoms with Gasteiger partial charge in [-0.05, 0) is 28.8 Å². The number of hydrogen-bond donors (Lipinski definition) is 1. The molecule has 0 spiro atoms. The molecule has 1 aliphatic rings. The van der Waals surface area contributed by atoms with E-state index >= 15 is 0 Å². The smallest absolute Gasteiger partial charge is 0.0681 e. The van der Waals surface area contributed by atoms with Gasteiger partial charge in [-0.2, -0.15) is 0 Å². The van der Waals surface area contributed by atoms with Gasteiger partial charge in [-0.3, -0.25) is 14.8 Å². The first-order valence-corrected chi connectivity index (χ1v) is 7.86. The number of aliphatic hydroxyl groups is 1. The van der Waals surface area contributed by atoms with Crippen molar-refractivity contribution in [2.45, 2.75) is 19.7 Å². The number of rotatable bonds is 5. The summed E-state index contributed by atoms with van der Waals surface area (Å²) in [6.07, 6.45) is 3.73. The third-order valence-electron chi connectivity index (χ3n) is 4.23. The molecule has 2 heterocycles. The fourth-order valence-electron chi connectivity index (χ4n) is 2.86. The number of pyridine rings is 1. The predicted molar refractivity (Wildman–Crippen MR) is 87.2 cm³/mol. The molecule has 1 N–H and O–H groups in total. The van der Waals surface area contributed by atoms with Crippen LogP contribution in [0, 0.1) is 0 Å². The molecular weight excluding hydrogens is 274 g/mol. The first kappa shape index (κ1) is 15.2.